The minimum Gasteiger partial charge on any atom is -0.508 e. The SMILES string of the molecule is CC(C)c1cc(-c2n[nH]c(=O)n2-c2ccc3c(ccn3CCN(C)C(=O)CCCN3C(=O)C=CC3=O)c2)c(O)cc1O.CNCCn1ccc2cc(-n3c(-c4cc(C(C)C)c(O)cc4O)n[nH]c3=O)ccc21.CNCCn1ccc2cc(-n3c(-c4cc(C(C)C)c(OCc5ccccc5)cc4OCc4ccccc4)n[nH]c3=O)ccc21.O=C(O)CCCN1C(=O)C=CC1=O. The third kappa shape index (κ3) is 21.3. The molecule has 0 aliphatic carbocycles. The minimum atomic E-state index is -0.924. The highest BCUT2D eigenvalue weighted by molar-refractivity contribution is 6.13. The van der Waals surface area contributed by atoms with Crippen LogP contribution in [0, 0.1) is 0 Å². The zero-order valence-corrected chi connectivity index (χ0v) is 72.9. The van der Waals surface area contributed by atoms with E-state index in [2.05, 4.69) is 82.5 Å². The zero-order chi connectivity index (χ0) is 91.9. The van der Waals surface area contributed by atoms with E-state index in [0.29, 0.717) is 89.9 Å². The Morgan fingerprint density at radius 3 is 1.16 bits per heavy atom. The summed E-state index contributed by atoms with van der Waals surface area (Å²) in [7, 11) is 5.58. The number of aromatic amines is 3. The van der Waals surface area contributed by atoms with Gasteiger partial charge in [0.15, 0.2) is 17.5 Å². The van der Waals surface area contributed by atoms with Gasteiger partial charge in [-0.3, -0.25) is 38.6 Å². The number of nitrogens with one attached hydrogen (secondary N) is 5. The number of carboxylic acids is 1. The lowest BCUT2D eigenvalue weighted by Crippen LogP contribution is -2.33. The van der Waals surface area contributed by atoms with E-state index in [4.69, 9.17) is 14.6 Å². The van der Waals surface area contributed by atoms with Crippen LogP contribution in [0.15, 0.2) is 227 Å². The maximum atomic E-state index is 13.3. The molecule has 0 saturated heterocycles. The first-order valence-electron chi connectivity index (χ1n) is 42.3. The van der Waals surface area contributed by atoms with Gasteiger partial charge in [0.2, 0.25) is 5.91 Å². The third-order valence-corrected chi connectivity index (χ3v) is 22.2. The zero-order valence-electron chi connectivity index (χ0n) is 72.9. The lowest BCUT2D eigenvalue weighted by atomic mass is 9.98. The predicted octanol–water partition coefficient (Wildman–Crippen LogP) is 12.3. The third-order valence-electron chi connectivity index (χ3n) is 22.2. The molecule has 2 aliphatic heterocycles. The van der Waals surface area contributed by atoms with Gasteiger partial charge in [0.1, 0.15) is 47.7 Å². The standard InChI is InChI=1S/C36H37N5O3.C30H32N6O6.C22H25N5O3.C8H9NO4/c1-25(2)30-21-31(34(44-24-27-12-8-5-9-13-27)22-33(30)43-23-26-10-6-4-7-11-26)35-38-39-36(42)41(35)29-14-15-32-28(20-29)16-18-40(32)19-17-37-3;1-18(2)21-16-22(25(38)17-24(21)37)29-31-32-30(42)36(29)20-6-7-23-19(15-20)10-12-34(23)14-13-33(3)26(39)5-4-11-35-27(40)8-9-28(35)41;1-13(2)16-11-17(20(29)12-19(16)28)21-24-25-22(30)27(21)15-4-5-18-14(10-15)6-8-26(18)9-7-23-3;10-6-3-4-7(11)9(6)5-1-2-8(12)13/h4-16,18,20-22,25,37H,17,19,23-24H2,1-3H3,(H,39,42);6-10,12,15-18,37-38H,4-5,11,13-14H2,1-3H3,(H,32,42);4-6,8,10-13,23,28-29H,7,9H2,1-3H3,(H,25,30);3-4H,1-2,5H2,(H,12,13). The van der Waals surface area contributed by atoms with Gasteiger partial charge in [0.05, 0.1) is 33.8 Å². The van der Waals surface area contributed by atoms with Crippen molar-refractivity contribution in [3.63, 3.8) is 0 Å². The molecule has 33 heteroatoms. The van der Waals surface area contributed by atoms with E-state index in [-0.39, 0.29) is 114 Å². The summed E-state index contributed by atoms with van der Waals surface area (Å²) in [6.07, 6.45) is 11.7. The summed E-state index contributed by atoms with van der Waals surface area (Å²) in [5.41, 5.74) is 9.60. The molecular formula is C96H103N17O16. The highest BCUT2D eigenvalue weighted by Crippen LogP contribution is 2.43. The van der Waals surface area contributed by atoms with Crippen LogP contribution in [-0.2, 0) is 61.6 Å². The van der Waals surface area contributed by atoms with Crippen LogP contribution < -0.4 is 37.2 Å². The molecule has 8 heterocycles. The maximum Gasteiger partial charge on any atom is 0.348 e. The van der Waals surface area contributed by atoms with Crippen LogP contribution in [0.1, 0.15) is 113 Å². The van der Waals surface area contributed by atoms with Crippen molar-refractivity contribution in [2.45, 2.75) is 118 Å². The van der Waals surface area contributed by atoms with Crippen molar-refractivity contribution in [3.8, 4) is 85.7 Å². The Bertz CT molecular complexity index is 6660. The number of benzene rings is 8. The number of hydrogen-bond donors (Lipinski definition) is 10. The number of carbonyl (C=O) groups is 6. The second kappa shape index (κ2) is 41.2. The fourth-order valence-corrected chi connectivity index (χ4v) is 15.2. The Morgan fingerprint density at radius 2 is 0.783 bits per heavy atom. The normalized spacial score (nSPS) is 12.4. The molecule has 8 aromatic carbocycles. The van der Waals surface area contributed by atoms with E-state index in [1.54, 1.807) is 34.7 Å². The van der Waals surface area contributed by atoms with Gasteiger partial charge >= 0.3 is 23.0 Å². The Labute approximate surface area is 741 Å². The topological polar surface area (TPSA) is 423 Å². The molecule has 16 rings (SSSR count). The number of hydrogen-bond acceptors (Lipinski definition) is 20. The number of fused-ring (bicyclic) bond motifs is 3. The second-order valence-corrected chi connectivity index (χ2v) is 32.0. The van der Waals surface area contributed by atoms with Crippen LogP contribution in [0.3, 0.4) is 0 Å². The van der Waals surface area contributed by atoms with Crippen molar-refractivity contribution >= 4 is 68.2 Å². The van der Waals surface area contributed by atoms with Crippen molar-refractivity contribution in [1.82, 2.24) is 83.3 Å². The first-order valence-corrected chi connectivity index (χ1v) is 42.3. The van der Waals surface area contributed by atoms with Gasteiger partial charge in [0.25, 0.3) is 23.6 Å². The van der Waals surface area contributed by atoms with Gasteiger partial charge in [-0.25, -0.2) is 43.4 Å². The highest BCUT2D eigenvalue weighted by Gasteiger charge is 2.28. The Hall–Kier alpha value is -15.4. The summed E-state index contributed by atoms with van der Waals surface area (Å²) < 4.78 is 23.6. The second-order valence-electron chi connectivity index (χ2n) is 32.0. The number of H-pyrrole nitrogens is 3. The number of aliphatic carboxylic acids is 1. The van der Waals surface area contributed by atoms with Gasteiger partial charge in [-0.15, -0.1) is 0 Å². The number of ether oxygens (including phenoxy) is 2. The first kappa shape index (κ1) is 91.3. The average molecular weight is 1750 g/mol. The molecule has 33 nitrogen and oxygen atoms in total. The molecule has 0 spiro atoms. The van der Waals surface area contributed by atoms with Crippen molar-refractivity contribution < 1.29 is 63.8 Å². The van der Waals surface area contributed by atoms with E-state index >= 15 is 0 Å². The molecule has 10 N–H and O–H groups in total. The van der Waals surface area contributed by atoms with Gasteiger partial charge in [-0.05, 0) is 164 Å². The van der Waals surface area contributed by atoms with Crippen LogP contribution in [0.2, 0.25) is 0 Å². The summed E-state index contributed by atoms with van der Waals surface area (Å²) in [6.45, 7) is 17.6. The van der Waals surface area contributed by atoms with E-state index in [1.165, 1.54) is 45.6 Å². The number of carbonyl (C=O) groups excluding carboxylic acids is 5. The fourth-order valence-electron chi connectivity index (χ4n) is 15.2. The summed E-state index contributed by atoms with van der Waals surface area (Å²) >= 11 is 0. The van der Waals surface area contributed by atoms with Crippen LogP contribution in [0.4, 0.5) is 0 Å². The Balaban J connectivity index is 0.000000156. The molecule has 0 bridgehead atoms. The first-order chi connectivity index (χ1) is 62.1. The Kier molecular flexibility index (Phi) is 29.1. The minimum absolute atomic E-state index is 0.0139. The van der Waals surface area contributed by atoms with Crippen molar-refractivity contribution in [2.75, 3.05) is 53.9 Å². The molecular weight excluding hydrogens is 1650 g/mol. The number of nitrogens with zero attached hydrogens (tertiary/aromatic N) is 12. The molecule has 0 fully saturated rings. The molecule has 0 radical (unpaired) electrons. The summed E-state index contributed by atoms with van der Waals surface area (Å²) in [5, 5.41) is 79.4. The number of phenolic OH excluding ortho intramolecular Hbond substituents is 4. The fraction of sp³-hybridized carbons (Fsp3) is 0.271. The summed E-state index contributed by atoms with van der Waals surface area (Å²) in [6, 6.07) is 53.2. The van der Waals surface area contributed by atoms with Gasteiger partial charge < -0.3 is 64.2 Å². The Morgan fingerprint density at radius 1 is 0.419 bits per heavy atom. The van der Waals surface area contributed by atoms with E-state index < -0.39 is 17.3 Å². The molecule has 129 heavy (non-hydrogen) atoms. The molecule has 2 aliphatic rings. The number of carboxylic acid groups (broad SMARTS) is 1. The molecule has 0 atom stereocenters. The summed E-state index contributed by atoms with van der Waals surface area (Å²) in [4.78, 5) is 110. The van der Waals surface area contributed by atoms with E-state index in [0.717, 1.165) is 96.8 Å². The number of aromatic nitrogens is 12. The van der Waals surface area contributed by atoms with Gasteiger partial charge in [-0.2, -0.15) is 15.3 Å². The molecule has 5 amide bonds. The average Bonchev–Trinajstić information content (AvgIpc) is 1.61. The largest absolute Gasteiger partial charge is 0.508 e. The number of likely N-dealkylation sites (N-methyl/N-ethyl adjacent to an activating group) is 3. The van der Waals surface area contributed by atoms with Crippen LogP contribution >= 0.6 is 0 Å². The van der Waals surface area contributed by atoms with Crippen molar-refractivity contribution in [2.24, 2.45) is 0 Å². The summed E-state index contributed by atoms with van der Waals surface area (Å²) in [5.74, 6) is -0.315. The van der Waals surface area contributed by atoms with E-state index in [9.17, 15) is 63.6 Å². The van der Waals surface area contributed by atoms with Gasteiger partial charge in [-0.1, -0.05) is 102 Å². The number of aromatic hydroxyl groups is 4. The number of phenols is 4. The van der Waals surface area contributed by atoms with Crippen molar-refractivity contribution in [3.05, 3.63) is 272 Å². The number of amides is 5. The maximum absolute atomic E-state index is 13.3. The van der Waals surface area contributed by atoms with Crippen molar-refractivity contribution in [1.29, 1.82) is 0 Å². The quantitative estimate of drug-likeness (QED) is 0.0175. The smallest absolute Gasteiger partial charge is 0.348 e. The van der Waals surface area contributed by atoms with Gasteiger partial charge in [0, 0.05) is 166 Å². The van der Waals surface area contributed by atoms with Crippen LogP contribution in [0.25, 0.3) is 83.9 Å². The van der Waals surface area contributed by atoms with E-state index in [1.807, 2.05) is 186 Å². The number of imide groups is 2. The monoisotopic (exact) mass is 1750 g/mol. The molecule has 14 aromatic rings. The molecule has 0 unspecified atom stereocenters. The van der Waals surface area contributed by atoms with Crippen LogP contribution in [-0.4, -0.2) is 188 Å². The lowest BCUT2D eigenvalue weighted by Gasteiger charge is -2.20. The van der Waals surface area contributed by atoms with Crippen LogP contribution in [0.5, 0.6) is 34.5 Å². The molecule has 0 saturated carbocycles. The lowest BCUT2D eigenvalue weighted by molar-refractivity contribution is -0.140. The molecule has 668 valence electrons. The highest BCUT2D eigenvalue weighted by atomic mass is 16.5. The molecule has 6 aromatic heterocycles. The predicted molar refractivity (Wildman–Crippen MR) is 489 cm³/mol. The number of rotatable bonds is 32.